The highest BCUT2D eigenvalue weighted by Crippen LogP contribution is 2.33. The van der Waals surface area contributed by atoms with Gasteiger partial charge in [0.15, 0.2) is 0 Å². The van der Waals surface area contributed by atoms with Crippen molar-refractivity contribution in [3.63, 3.8) is 0 Å². The van der Waals surface area contributed by atoms with Gasteiger partial charge in [0, 0.05) is 6.54 Å². The van der Waals surface area contributed by atoms with E-state index >= 15 is 0 Å². The Morgan fingerprint density at radius 1 is 1.62 bits per heavy atom. The molecule has 1 rings (SSSR count). The summed E-state index contributed by atoms with van der Waals surface area (Å²) >= 11 is 0. The van der Waals surface area contributed by atoms with Gasteiger partial charge in [-0.3, -0.25) is 0 Å². The number of carbonyl (C=O) groups is 1. The van der Waals surface area contributed by atoms with Crippen LogP contribution in [0, 0.1) is 0 Å². The summed E-state index contributed by atoms with van der Waals surface area (Å²) in [6.07, 6.45) is 0.941. The molecule has 0 unspecified atom stereocenters. The van der Waals surface area contributed by atoms with Gasteiger partial charge in [0.25, 0.3) is 0 Å². The summed E-state index contributed by atoms with van der Waals surface area (Å²) in [6.45, 7) is 4.26. The van der Waals surface area contributed by atoms with E-state index in [0.29, 0.717) is 25.8 Å². The van der Waals surface area contributed by atoms with Crippen LogP contribution in [0.25, 0.3) is 0 Å². The van der Waals surface area contributed by atoms with Crippen LogP contribution in [0.2, 0.25) is 0 Å². The highest BCUT2D eigenvalue weighted by Gasteiger charge is 2.45. The van der Waals surface area contributed by atoms with Gasteiger partial charge in [-0.2, -0.15) is 0 Å². The minimum Gasteiger partial charge on any atom is -0.465 e. The molecule has 76 valence electrons. The van der Waals surface area contributed by atoms with E-state index in [1.54, 1.807) is 0 Å². The monoisotopic (exact) mass is 187 g/mol. The quantitative estimate of drug-likeness (QED) is 0.684. The molecule has 0 radical (unpaired) electrons. The molecule has 4 nitrogen and oxygen atoms in total. The van der Waals surface area contributed by atoms with Crippen molar-refractivity contribution in [2.24, 2.45) is 0 Å². The summed E-state index contributed by atoms with van der Waals surface area (Å²) < 4.78 is 0. The highest BCUT2D eigenvalue weighted by molar-refractivity contribution is 5.66. The van der Waals surface area contributed by atoms with Gasteiger partial charge in [0.05, 0.1) is 11.6 Å². The lowest BCUT2D eigenvalue weighted by Gasteiger charge is -2.31. The molecular weight excluding hydrogens is 170 g/mol. The molecule has 1 aliphatic heterocycles. The number of hydrogen-bond donors (Lipinski definition) is 2. The third-order valence-corrected chi connectivity index (χ3v) is 3.03. The summed E-state index contributed by atoms with van der Waals surface area (Å²) in [5.41, 5.74) is -0.798. The first-order valence-electron chi connectivity index (χ1n) is 4.77. The molecule has 0 bridgehead atoms. The van der Waals surface area contributed by atoms with Crippen molar-refractivity contribution in [2.75, 3.05) is 6.54 Å². The van der Waals surface area contributed by atoms with Crippen LogP contribution in [-0.4, -0.2) is 39.4 Å². The lowest BCUT2D eigenvalue weighted by molar-refractivity contribution is 0.000966. The number of aliphatic hydroxyl groups is 1. The minimum atomic E-state index is -0.920. The SMILES string of the molecule is CC[C@@H]1N(C(=O)O)CC[C@@]1(O)CC. The Labute approximate surface area is 78.2 Å². The number of nitrogens with zero attached hydrogens (tertiary/aromatic N) is 1. The maximum atomic E-state index is 10.8. The molecule has 0 aromatic rings. The zero-order chi connectivity index (χ0) is 10.1. The number of rotatable bonds is 2. The second-order valence-electron chi connectivity index (χ2n) is 3.61. The normalized spacial score (nSPS) is 33.8. The Kier molecular flexibility index (Phi) is 2.81. The minimum absolute atomic E-state index is 0.227. The second kappa shape index (κ2) is 3.54. The van der Waals surface area contributed by atoms with Crippen molar-refractivity contribution in [1.82, 2.24) is 4.90 Å². The highest BCUT2D eigenvalue weighted by atomic mass is 16.4. The van der Waals surface area contributed by atoms with Crippen LogP contribution >= 0.6 is 0 Å². The van der Waals surface area contributed by atoms with E-state index in [9.17, 15) is 9.90 Å². The summed E-state index contributed by atoms with van der Waals surface area (Å²) in [7, 11) is 0. The van der Waals surface area contributed by atoms with Crippen molar-refractivity contribution >= 4 is 6.09 Å². The topological polar surface area (TPSA) is 60.8 Å². The Morgan fingerprint density at radius 2 is 2.23 bits per heavy atom. The molecule has 4 heteroatoms. The molecule has 1 aliphatic rings. The Balaban J connectivity index is 2.80. The molecule has 0 aromatic heterocycles. The predicted octanol–water partition coefficient (Wildman–Crippen LogP) is 1.29. The van der Waals surface area contributed by atoms with Crippen LogP contribution in [0.5, 0.6) is 0 Å². The van der Waals surface area contributed by atoms with Crippen molar-refractivity contribution in [3.8, 4) is 0 Å². The van der Waals surface area contributed by atoms with Crippen LogP contribution in [-0.2, 0) is 0 Å². The van der Waals surface area contributed by atoms with Crippen LogP contribution in [0.1, 0.15) is 33.1 Å². The molecule has 0 saturated carbocycles. The number of carboxylic acid groups (broad SMARTS) is 1. The molecule has 0 aliphatic carbocycles. The third kappa shape index (κ3) is 1.63. The molecule has 2 atom stereocenters. The molecule has 1 heterocycles. The predicted molar refractivity (Wildman–Crippen MR) is 48.7 cm³/mol. The number of likely N-dealkylation sites (tertiary alicyclic amines) is 1. The fourth-order valence-corrected chi connectivity index (χ4v) is 2.17. The van der Waals surface area contributed by atoms with E-state index in [2.05, 4.69) is 0 Å². The third-order valence-electron chi connectivity index (χ3n) is 3.03. The van der Waals surface area contributed by atoms with Crippen LogP contribution in [0.4, 0.5) is 4.79 Å². The largest absolute Gasteiger partial charge is 0.465 e. The molecule has 1 amide bonds. The van der Waals surface area contributed by atoms with Crippen LogP contribution < -0.4 is 0 Å². The summed E-state index contributed by atoms with van der Waals surface area (Å²) in [4.78, 5) is 12.1. The standard InChI is InChI=1S/C9H17NO3/c1-3-7-9(13,4-2)5-6-10(7)8(11)12/h7,13H,3-6H2,1-2H3,(H,11,12)/t7-,9-/m0/s1. The second-order valence-corrected chi connectivity index (χ2v) is 3.61. The van der Waals surface area contributed by atoms with Gasteiger partial charge in [-0.05, 0) is 19.3 Å². The summed E-state index contributed by atoms with van der Waals surface area (Å²) in [6, 6.07) is -0.227. The van der Waals surface area contributed by atoms with E-state index in [0.717, 1.165) is 0 Å². The van der Waals surface area contributed by atoms with Gasteiger partial charge in [-0.1, -0.05) is 13.8 Å². The number of amides is 1. The molecule has 1 fully saturated rings. The van der Waals surface area contributed by atoms with E-state index in [1.807, 2.05) is 13.8 Å². The van der Waals surface area contributed by atoms with Crippen molar-refractivity contribution in [2.45, 2.75) is 44.8 Å². The van der Waals surface area contributed by atoms with E-state index < -0.39 is 11.7 Å². The fourth-order valence-electron chi connectivity index (χ4n) is 2.17. The van der Waals surface area contributed by atoms with Crippen LogP contribution in [0.3, 0.4) is 0 Å². The van der Waals surface area contributed by atoms with E-state index in [4.69, 9.17) is 5.11 Å². The van der Waals surface area contributed by atoms with Gasteiger partial charge in [-0.25, -0.2) is 4.79 Å². The lowest BCUT2D eigenvalue weighted by atomic mass is 9.90. The van der Waals surface area contributed by atoms with Crippen molar-refractivity contribution < 1.29 is 15.0 Å². The zero-order valence-electron chi connectivity index (χ0n) is 8.16. The van der Waals surface area contributed by atoms with Gasteiger partial charge in [0.2, 0.25) is 0 Å². The molecule has 13 heavy (non-hydrogen) atoms. The molecule has 0 spiro atoms. The Hall–Kier alpha value is -0.770. The average molecular weight is 187 g/mol. The van der Waals surface area contributed by atoms with Gasteiger partial charge >= 0.3 is 6.09 Å². The van der Waals surface area contributed by atoms with E-state index in [1.165, 1.54) is 4.90 Å². The first kappa shape index (κ1) is 10.3. The first-order valence-corrected chi connectivity index (χ1v) is 4.77. The maximum absolute atomic E-state index is 10.8. The smallest absolute Gasteiger partial charge is 0.407 e. The van der Waals surface area contributed by atoms with Crippen molar-refractivity contribution in [1.29, 1.82) is 0 Å². The van der Waals surface area contributed by atoms with Gasteiger partial charge in [-0.15, -0.1) is 0 Å². The van der Waals surface area contributed by atoms with Crippen LogP contribution in [0.15, 0.2) is 0 Å². The molecule has 0 aromatic carbocycles. The Morgan fingerprint density at radius 3 is 2.62 bits per heavy atom. The first-order chi connectivity index (χ1) is 6.05. The van der Waals surface area contributed by atoms with E-state index in [-0.39, 0.29) is 6.04 Å². The zero-order valence-corrected chi connectivity index (χ0v) is 8.16. The average Bonchev–Trinajstić information content (AvgIpc) is 2.43. The Bertz CT molecular complexity index is 207. The fraction of sp³-hybridized carbons (Fsp3) is 0.889. The van der Waals surface area contributed by atoms with Crippen molar-refractivity contribution in [3.05, 3.63) is 0 Å². The van der Waals surface area contributed by atoms with Gasteiger partial charge < -0.3 is 15.1 Å². The number of hydrogen-bond acceptors (Lipinski definition) is 2. The molecule has 2 N–H and O–H groups in total. The molecule has 1 saturated heterocycles. The summed E-state index contributed by atoms with van der Waals surface area (Å²) in [5, 5.41) is 18.9. The lowest BCUT2D eigenvalue weighted by Crippen LogP contribution is -2.45. The maximum Gasteiger partial charge on any atom is 0.407 e. The van der Waals surface area contributed by atoms with Gasteiger partial charge in [0.1, 0.15) is 0 Å². The molecular formula is C9H17NO3. The summed E-state index contributed by atoms with van der Waals surface area (Å²) in [5.74, 6) is 0.